The van der Waals surface area contributed by atoms with E-state index in [0.29, 0.717) is 11.4 Å². The number of hydrogen-bond acceptors (Lipinski definition) is 3. The molecule has 0 spiro atoms. The smallest absolute Gasteiger partial charge is 0.337 e. The number of carbonyl (C=O) groups is 2. The SMILES string of the molecule is CCc1ccc(NC(=O)NNC(=O)c2cc3sccc3[nH]2)cc1. The van der Waals surface area contributed by atoms with Crippen LogP contribution in [0.25, 0.3) is 10.2 Å². The lowest BCUT2D eigenvalue weighted by molar-refractivity contribution is 0.0934. The van der Waals surface area contributed by atoms with Crippen LogP contribution in [0.5, 0.6) is 0 Å². The van der Waals surface area contributed by atoms with Gasteiger partial charge in [-0.3, -0.25) is 10.2 Å². The molecule has 0 aliphatic rings. The van der Waals surface area contributed by atoms with E-state index >= 15 is 0 Å². The second-order valence-electron chi connectivity index (χ2n) is 4.97. The van der Waals surface area contributed by atoms with Crippen LogP contribution in [0.3, 0.4) is 0 Å². The van der Waals surface area contributed by atoms with Crippen molar-refractivity contribution < 1.29 is 9.59 Å². The van der Waals surface area contributed by atoms with Gasteiger partial charge in [0.2, 0.25) is 0 Å². The van der Waals surface area contributed by atoms with E-state index < -0.39 is 11.9 Å². The number of rotatable bonds is 3. The summed E-state index contributed by atoms with van der Waals surface area (Å²) >= 11 is 1.54. The fourth-order valence-electron chi connectivity index (χ4n) is 2.14. The number of benzene rings is 1. The van der Waals surface area contributed by atoms with Gasteiger partial charge < -0.3 is 10.3 Å². The third kappa shape index (κ3) is 3.51. The number of hydrazine groups is 1. The maximum Gasteiger partial charge on any atom is 0.337 e. The number of carbonyl (C=O) groups excluding carboxylic acids is 2. The Bertz CT molecular complexity index is 807. The second kappa shape index (κ2) is 6.53. The summed E-state index contributed by atoms with van der Waals surface area (Å²) in [5.41, 5.74) is 7.85. The number of amides is 3. The molecule has 118 valence electrons. The fraction of sp³-hybridized carbons (Fsp3) is 0.125. The zero-order valence-corrected chi connectivity index (χ0v) is 13.3. The highest BCUT2D eigenvalue weighted by Gasteiger charge is 2.11. The maximum atomic E-state index is 12.0. The van der Waals surface area contributed by atoms with E-state index in [1.165, 1.54) is 5.56 Å². The molecule has 6 nitrogen and oxygen atoms in total. The average Bonchev–Trinajstić information content (AvgIpc) is 3.15. The van der Waals surface area contributed by atoms with Crippen LogP contribution < -0.4 is 16.2 Å². The Morgan fingerprint density at radius 2 is 1.91 bits per heavy atom. The van der Waals surface area contributed by atoms with Crippen molar-refractivity contribution in [2.75, 3.05) is 5.32 Å². The average molecular weight is 328 g/mol. The molecule has 0 radical (unpaired) electrons. The number of aromatic amines is 1. The molecule has 0 aliphatic heterocycles. The predicted octanol–water partition coefficient (Wildman–Crippen LogP) is 3.26. The molecule has 0 saturated heterocycles. The minimum absolute atomic E-state index is 0.398. The number of hydrogen-bond donors (Lipinski definition) is 4. The van der Waals surface area contributed by atoms with Crippen LogP contribution in [0.1, 0.15) is 23.0 Å². The molecule has 2 heterocycles. The summed E-state index contributed by atoms with van der Waals surface area (Å²) in [5, 5.41) is 4.59. The molecule has 2 aromatic heterocycles. The molecular weight excluding hydrogens is 312 g/mol. The van der Waals surface area contributed by atoms with Crippen LogP contribution in [0.2, 0.25) is 0 Å². The summed E-state index contributed by atoms with van der Waals surface area (Å²) in [7, 11) is 0. The topological polar surface area (TPSA) is 86.0 Å². The number of urea groups is 1. The number of aryl methyl sites for hydroxylation is 1. The van der Waals surface area contributed by atoms with Crippen molar-refractivity contribution in [2.24, 2.45) is 0 Å². The van der Waals surface area contributed by atoms with Gasteiger partial charge in [-0.2, -0.15) is 0 Å². The van der Waals surface area contributed by atoms with Gasteiger partial charge in [0.25, 0.3) is 5.91 Å². The standard InChI is InChI=1S/C16H16N4O2S/c1-2-10-3-5-11(6-4-10)17-16(22)20-19-15(21)13-9-14-12(18-13)7-8-23-14/h3-9,18H,2H2,1H3,(H,19,21)(H2,17,20,22). The number of H-pyrrole nitrogens is 1. The highest BCUT2D eigenvalue weighted by atomic mass is 32.1. The first kappa shape index (κ1) is 15.1. The van der Waals surface area contributed by atoms with Crippen LogP contribution in [0.15, 0.2) is 41.8 Å². The van der Waals surface area contributed by atoms with Crippen LogP contribution >= 0.6 is 11.3 Å². The second-order valence-corrected chi connectivity index (χ2v) is 5.91. The van der Waals surface area contributed by atoms with E-state index in [4.69, 9.17) is 0 Å². The third-order valence-corrected chi connectivity index (χ3v) is 4.26. The van der Waals surface area contributed by atoms with Crippen LogP contribution in [-0.2, 0) is 6.42 Å². The van der Waals surface area contributed by atoms with Crippen LogP contribution in [-0.4, -0.2) is 16.9 Å². The number of nitrogens with one attached hydrogen (secondary N) is 4. The van der Waals surface area contributed by atoms with Gasteiger partial charge in [-0.05, 0) is 41.6 Å². The van der Waals surface area contributed by atoms with Gasteiger partial charge in [-0.1, -0.05) is 19.1 Å². The van der Waals surface area contributed by atoms with Crippen molar-refractivity contribution in [1.82, 2.24) is 15.8 Å². The Balaban J connectivity index is 1.53. The first-order valence-corrected chi connectivity index (χ1v) is 8.06. The monoisotopic (exact) mass is 328 g/mol. The first-order chi connectivity index (χ1) is 11.2. The largest absolute Gasteiger partial charge is 0.350 e. The summed E-state index contributed by atoms with van der Waals surface area (Å²) in [6.45, 7) is 2.06. The van der Waals surface area contributed by atoms with E-state index in [1.54, 1.807) is 17.4 Å². The third-order valence-electron chi connectivity index (χ3n) is 3.39. The molecule has 23 heavy (non-hydrogen) atoms. The molecule has 0 atom stereocenters. The van der Waals surface area contributed by atoms with E-state index in [1.807, 2.05) is 35.7 Å². The van der Waals surface area contributed by atoms with Crippen molar-refractivity contribution in [2.45, 2.75) is 13.3 Å². The molecular formula is C16H16N4O2S. The molecule has 0 saturated carbocycles. The summed E-state index contributed by atoms with van der Waals surface area (Å²) < 4.78 is 0.996. The van der Waals surface area contributed by atoms with Gasteiger partial charge in [-0.15, -0.1) is 11.3 Å². The zero-order valence-electron chi connectivity index (χ0n) is 12.5. The molecule has 3 amide bonds. The van der Waals surface area contributed by atoms with Crippen molar-refractivity contribution in [3.63, 3.8) is 0 Å². The number of anilines is 1. The lowest BCUT2D eigenvalue weighted by Gasteiger charge is -2.08. The molecule has 7 heteroatoms. The van der Waals surface area contributed by atoms with Crippen molar-refractivity contribution in [3.8, 4) is 0 Å². The van der Waals surface area contributed by atoms with Gasteiger partial charge in [0.05, 0.1) is 10.2 Å². The lowest BCUT2D eigenvalue weighted by atomic mass is 10.1. The Kier molecular flexibility index (Phi) is 4.29. The lowest BCUT2D eigenvalue weighted by Crippen LogP contribution is -2.44. The predicted molar refractivity (Wildman–Crippen MR) is 91.6 cm³/mol. The summed E-state index contributed by atoms with van der Waals surface area (Å²) in [4.78, 5) is 26.7. The molecule has 0 aliphatic carbocycles. The van der Waals surface area contributed by atoms with Crippen molar-refractivity contribution in [3.05, 3.63) is 53.0 Å². The van der Waals surface area contributed by atoms with E-state index in [2.05, 4.69) is 28.1 Å². The molecule has 4 N–H and O–H groups in total. The number of thiophene rings is 1. The van der Waals surface area contributed by atoms with Gasteiger partial charge >= 0.3 is 6.03 Å². The zero-order chi connectivity index (χ0) is 16.2. The number of aromatic nitrogens is 1. The molecule has 3 aromatic rings. The molecule has 0 fully saturated rings. The highest BCUT2D eigenvalue weighted by molar-refractivity contribution is 7.17. The van der Waals surface area contributed by atoms with Crippen LogP contribution in [0.4, 0.5) is 10.5 Å². The van der Waals surface area contributed by atoms with E-state index in [-0.39, 0.29) is 0 Å². The Morgan fingerprint density at radius 3 is 2.61 bits per heavy atom. The molecule has 1 aromatic carbocycles. The maximum absolute atomic E-state index is 12.0. The van der Waals surface area contributed by atoms with E-state index in [9.17, 15) is 9.59 Å². The van der Waals surface area contributed by atoms with Crippen molar-refractivity contribution >= 4 is 39.2 Å². The first-order valence-electron chi connectivity index (χ1n) is 7.18. The van der Waals surface area contributed by atoms with Gasteiger partial charge in [0, 0.05) is 5.69 Å². The van der Waals surface area contributed by atoms with Crippen molar-refractivity contribution in [1.29, 1.82) is 0 Å². The van der Waals surface area contributed by atoms with Gasteiger partial charge in [-0.25, -0.2) is 10.2 Å². The van der Waals surface area contributed by atoms with Crippen LogP contribution in [0, 0.1) is 0 Å². The Labute approximate surface area is 136 Å². The minimum Gasteiger partial charge on any atom is -0.350 e. The summed E-state index contributed by atoms with van der Waals surface area (Å²) in [6.07, 6.45) is 0.941. The van der Waals surface area contributed by atoms with Gasteiger partial charge in [0.1, 0.15) is 5.69 Å². The molecule has 3 rings (SSSR count). The number of fused-ring (bicyclic) bond motifs is 1. The van der Waals surface area contributed by atoms with E-state index in [0.717, 1.165) is 16.6 Å². The Hall–Kier alpha value is -2.80. The minimum atomic E-state index is -0.504. The molecule has 0 unspecified atom stereocenters. The fourth-order valence-corrected chi connectivity index (χ4v) is 2.92. The summed E-state index contributed by atoms with van der Waals surface area (Å²) in [5.74, 6) is -0.398. The van der Waals surface area contributed by atoms with Gasteiger partial charge in [0.15, 0.2) is 0 Å². The highest BCUT2D eigenvalue weighted by Crippen LogP contribution is 2.21. The molecule has 0 bridgehead atoms. The normalized spacial score (nSPS) is 10.5. The Morgan fingerprint density at radius 1 is 1.13 bits per heavy atom. The quantitative estimate of drug-likeness (QED) is 0.556. The summed E-state index contributed by atoms with van der Waals surface area (Å²) in [6, 6.07) is 10.7.